The standard InChI is InChI=1S/C15H16N4O2/c1-10-6-7-11-4-2-3-5-12(11)18(10)14-9-8-13(19(20)21)15(16)17-14/h2-5,8-10H,6-7H2,1H3,(H2,16,17). The van der Waals surface area contributed by atoms with Crippen LogP contribution in [0.25, 0.3) is 0 Å². The predicted molar refractivity (Wildman–Crippen MR) is 81.7 cm³/mol. The molecule has 6 nitrogen and oxygen atoms in total. The predicted octanol–water partition coefficient (Wildman–Crippen LogP) is 3.04. The lowest BCUT2D eigenvalue weighted by molar-refractivity contribution is -0.384. The Bertz CT molecular complexity index is 702. The van der Waals surface area contributed by atoms with Gasteiger partial charge in [-0.25, -0.2) is 4.98 Å². The third-order valence-corrected chi connectivity index (χ3v) is 3.85. The molecule has 0 bridgehead atoms. The van der Waals surface area contributed by atoms with Crippen LogP contribution in [0.4, 0.5) is 23.0 Å². The minimum Gasteiger partial charge on any atom is -0.378 e. The Morgan fingerprint density at radius 3 is 2.81 bits per heavy atom. The third kappa shape index (κ3) is 2.29. The number of anilines is 3. The van der Waals surface area contributed by atoms with Gasteiger partial charge in [0.1, 0.15) is 5.82 Å². The fraction of sp³-hybridized carbons (Fsp3) is 0.267. The molecule has 0 spiro atoms. The van der Waals surface area contributed by atoms with Gasteiger partial charge in [0.15, 0.2) is 0 Å². The highest BCUT2D eigenvalue weighted by Crippen LogP contribution is 2.36. The Labute approximate surface area is 122 Å². The van der Waals surface area contributed by atoms with Gasteiger partial charge < -0.3 is 10.6 Å². The van der Waals surface area contributed by atoms with Crippen LogP contribution in [0.3, 0.4) is 0 Å². The lowest BCUT2D eigenvalue weighted by Gasteiger charge is -2.36. The number of nitro groups is 1. The van der Waals surface area contributed by atoms with E-state index in [4.69, 9.17) is 5.73 Å². The quantitative estimate of drug-likeness (QED) is 0.676. The molecule has 108 valence electrons. The third-order valence-electron chi connectivity index (χ3n) is 3.85. The first kappa shape index (κ1) is 13.4. The van der Waals surface area contributed by atoms with Crippen LogP contribution in [0, 0.1) is 10.1 Å². The average molecular weight is 284 g/mol. The maximum atomic E-state index is 10.8. The highest BCUT2D eigenvalue weighted by Gasteiger charge is 2.26. The van der Waals surface area contributed by atoms with Gasteiger partial charge in [0.05, 0.1) is 4.92 Å². The van der Waals surface area contributed by atoms with E-state index in [0.29, 0.717) is 5.82 Å². The van der Waals surface area contributed by atoms with E-state index in [0.717, 1.165) is 18.5 Å². The normalized spacial score (nSPS) is 17.4. The summed E-state index contributed by atoms with van der Waals surface area (Å²) in [6.45, 7) is 2.12. The molecule has 1 aromatic carbocycles. The molecule has 3 rings (SSSR count). The Balaban J connectivity index is 2.07. The zero-order chi connectivity index (χ0) is 15.0. The highest BCUT2D eigenvalue weighted by atomic mass is 16.6. The SMILES string of the molecule is CC1CCc2ccccc2N1c1ccc([N+](=O)[O-])c(N)n1. The zero-order valence-corrected chi connectivity index (χ0v) is 11.7. The lowest BCUT2D eigenvalue weighted by Crippen LogP contribution is -2.33. The number of benzene rings is 1. The van der Waals surface area contributed by atoms with Gasteiger partial charge in [-0.05, 0) is 37.5 Å². The van der Waals surface area contributed by atoms with Crippen molar-refractivity contribution in [2.75, 3.05) is 10.6 Å². The maximum Gasteiger partial charge on any atom is 0.311 e. The van der Waals surface area contributed by atoms with Gasteiger partial charge in [0, 0.05) is 17.8 Å². The Morgan fingerprint density at radius 1 is 1.33 bits per heavy atom. The first-order chi connectivity index (χ1) is 10.1. The van der Waals surface area contributed by atoms with Gasteiger partial charge in [-0.1, -0.05) is 18.2 Å². The van der Waals surface area contributed by atoms with Crippen molar-refractivity contribution in [2.24, 2.45) is 0 Å². The fourth-order valence-electron chi connectivity index (χ4n) is 2.78. The van der Waals surface area contributed by atoms with Crippen molar-refractivity contribution in [3.63, 3.8) is 0 Å². The molecule has 0 radical (unpaired) electrons. The topological polar surface area (TPSA) is 85.3 Å². The fourth-order valence-corrected chi connectivity index (χ4v) is 2.78. The summed E-state index contributed by atoms with van der Waals surface area (Å²) < 4.78 is 0. The minimum absolute atomic E-state index is 0.0484. The molecule has 1 aliphatic heterocycles. The summed E-state index contributed by atoms with van der Waals surface area (Å²) in [5.74, 6) is 0.602. The van der Waals surface area contributed by atoms with E-state index in [1.807, 2.05) is 18.2 Å². The number of rotatable bonds is 2. The Hall–Kier alpha value is -2.63. The molecule has 6 heteroatoms. The van der Waals surface area contributed by atoms with Crippen LogP contribution in [-0.4, -0.2) is 15.9 Å². The van der Waals surface area contributed by atoms with Gasteiger partial charge >= 0.3 is 5.69 Å². The number of pyridine rings is 1. The Morgan fingerprint density at radius 2 is 2.10 bits per heavy atom. The summed E-state index contributed by atoms with van der Waals surface area (Å²) in [6, 6.07) is 11.5. The van der Waals surface area contributed by atoms with E-state index in [9.17, 15) is 10.1 Å². The number of nitrogens with two attached hydrogens (primary N) is 1. The van der Waals surface area contributed by atoms with Crippen LogP contribution in [0.2, 0.25) is 0 Å². The van der Waals surface area contributed by atoms with E-state index in [1.54, 1.807) is 6.07 Å². The van der Waals surface area contributed by atoms with Crippen molar-refractivity contribution in [3.8, 4) is 0 Å². The highest BCUT2D eigenvalue weighted by molar-refractivity contribution is 5.69. The average Bonchev–Trinajstić information content (AvgIpc) is 2.46. The molecule has 1 atom stereocenters. The molecule has 0 saturated heterocycles. The molecule has 0 saturated carbocycles. The van der Waals surface area contributed by atoms with Gasteiger partial charge in [0.25, 0.3) is 0 Å². The molecule has 1 unspecified atom stereocenters. The number of nitrogens with zero attached hydrogens (tertiary/aromatic N) is 3. The molecule has 2 heterocycles. The summed E-state index contributed by atoms with van der Waals surface area (Å²) in [5.41, 5.74) is 7.91. The summed E-state index contributed by atoms with van der Waals surface area (Å²) >= 11 is 0. The molecular formula is C15H16N4O2. The zero-order valence-electron chi connectivity index (χ0n) is 11.7. The van der Waals surface area contributed by atoms with E-state index >= 15 is 0 Å². The monoisotopic (exact) mass is 284 g/mol. The molecule has 1 aliphatic rings. The van der Waals surface area contributed by atoms with Crippen LogP contribution in [-0.2, 0) is 6.42 Å². The van der Waals surface area contributed by atoms with Crippen molar-refractivity contribution in [1.29, 1.82) is 0 Å². The number of nitrogen functional groups attached to an aromatic ring is 1. The second-order valence-corrected chi connectivity index (χ2v) is 5.22. The second kappa shape index (κ2) is 5.05. The van der Waals surface area contributed by atoms with Crippen LogP contribution >= 0.6 is 0 Å². The van der Waals surface area contributed by atoms with Crippen LogP contribution in [0.5, 0.6) is 0 Å². The van der Waals surface area contributed by atoms with Crippen molar-refractivity contribution in [1.82, 2.24) is 4.98 Å². The van der Waals surface area contributed by atoms with Crippen molar-refractivity contribution < 1.29 is 4.92 Å². The van der Waals surface area contributed by atoms with Crippen molar-refractivity contribution >= 4 is 23.0 Å². The molecule has 1 aromatic heterocycles. The Kier molecular flexibility index (Phi) is 3.21. The second-order valence-electron chi connectivity index (χ2n) is 5.22. The molecule has 0 aliphatic carbocycles. The first-order valence-corrected chi connectivity index (χ1v) is 6.86. The van der Waals surface area contributed by atoms with Crippen LogP contribution in [0.1, 0.15) is 18.9 Å². The van der Waals surface area contributed by atoms with E-state index in [1.165, 1.54) is 11.6 Å². The molecular weight excluding hydrogens is 268 g/mol. The number of para-hydroxylation sites is 1. The van der Waals surface area contributed by atoms with E-state index in [2.05, 4.69) is 22.9 Å². The molecule has 0 amide bonds. The number of aryl methyl sites for hydroxylation is 1. The van der Waals surface area contributed by atoms with Crippen LogP contribution in [0.15, 0.2) is 36.4 Å². The summed E-state index contributed by atoms with van der Waals surface area (Å²) in [5, 5.41) is 10.8. The maximum absolute atomic E-state index is 10.8. The van der Waals surface area contributed by atoms with E-state index in [-0.39, 0.29) is 17.5 Å². The van der Waals surface area contributed by atoms with Gasteiger partial charge in [-0.2, -0.15) is 0 Å². The number of fused-ring (bicyclic) bond motifs is 1. The smallest absolute Gasteiger partial charge is 0.311 e. The number of hydrogen-bond donors (Lipinski definition) is 1. The van der Waals surface area contributed by atoms with E-state index < -0.39 is 4.92 Å². The number of aromatic nitrogens is 1. The van der Waals surface area contributed by atoms with Crippen LogP contribution < -0.4 is 10.6 Å². The summed E-state index contributed by atoms with van der Waals surface area (Å²) in [7, 11) is 0. The molecule has 21 heavy (non-hydrogen) atoms. The van der Waals surface area contributed by atoms with Gasteiger partial charge in [0.2, 0.25) is 5.82 Å². The van der Waals surface area contributed by atoms with Crippen molar-refractivity contribution in [2.45, 2.75) is 25.8 Å². The molecule has 2 aromatic rings. The van der Waals surface area contributed by atoms with Gasteiger partial charge in [-0.3, -0.25) is 10.1 Å². The van der Waals surface area contributed by atoms with Crippen molar-refractivity contribution in [3.05, 3.63) is 52.1 Å². The molecule has 2 N–H and O–H groups in total. The summed E-state index contributed by atoms with van der Waals surface area (Å²) in [4.78, 5) is 16.7. The summed E-state index contributed by atoms with van der Waals surface area (Å²) in [6.07, 6.45) is 2.03. The first-order valence-electron chi connectivity index (χ1n) is 6.86. The lowest BCUT2D eigenvalue weighted by atomic mass is 9.96. The molecule has 0 fully saturated rings. The van der Waals surface area contributed by atoms with Gasteiger partial charge in [-0.15, -0.1) is 0 Å². The minimum atomic E-state index is -0.514. The largest absolute Gasteiger partial charge is 0.378 e. The number of hydrogen-bond acceptors (Lipinski definition) is 5.